The highest BCUT2D eigenvalue weighted by Crippen LogP contribution is 2.22. The number of phenols is 1. The fourth-order valence-corrected chi connectivity index (χ4v) is 10.7. The summed E-state index contributed by atoms with van der Waals surface area (Å²) in [4.78, 5) is 153. The number of hydrogen-bond donors (Lipinski definition) is 15. The van der Waals surface area contributed by atoms with Crippen LogP contribution in [0.25, 0.3) is 0 Å². The molecule has 26 heteroatoms. The highest BCUT2D eigenvalue weighted by Gasteiger charge is 2.36. The van der Waals surface area contributed by atoms with Gasteiger partial charge in [-0.2, -0.15) is 0 Å². The van der Waals surface area contributed by atoms with Crippen LogP contribution in [-0.4, -0.2) is 138 Å². The first-order chi connectivity index (χ1) is 45.4. The third kappa shape index (κ3) is 26.5. The standard InChI is InChI=1S/C69H92N14O12/c1-42-35-48(84)36-43(2)49(42)41-50(72)62(88)77-52(28-16-18-34-71)63(89)80-58(40-47-25-13-6-14-26-47)69(95)83-57(39-46-23-11-5-12-24-46)68(94)79-54(30-32-60(74)86)65(91)82-56(38-45-21-9-4-10-22-45)67(93)78-53(29-31-59(73)85)64(90)81-55(37-44-19-7-3-8-20-44)66(92)76-51(61(75)87)27-15-17-33-70/h3-14,19-26,35-36,50-58,84H,15-18,27-34,37-41,70-72H2,1-2H3,(H2,73,85)(H2,74,86)(H2,75,87)(H,76,92)(H,77,88)(H,78,93)(H,79,94)(H,80,89)(H,81,90)(H,82,91)(H,83,95)/t50-,51-,52+,53-,54-,55-,56-,57-,58-/m0/s1. The van der Waals surface area contributed by atoms with E-state index in [-0.39, 0.29) is 57.1 Å². The molecule has 26 nitrogen and oxygen atoms in total. The Hall–Kier alpha value is -10.1. The van der Waals surface area contributed by atoms with Crippen molar-refractivity contribution in [1.82, 2.24) is 42.5 Å². The lowest BCUT2D eigenvalue weighted by atomic mass is 9.95. The van der Waals surface area contributed by atoms with Gasteiger partial charge >= 0.3 is 0 Å². The van der Waals surface area contributed by atoms with Gasteiger partial charge in [0, 0.05) is 38.5 Å². The summed E-state index contributed by atoms with van der Waals surface area (Å²) in [6.07, 6.45) is -0.0171. The van der Waals surface area contributed by atoms with Crippen molar-refractivity contribution in [2.45, 2.75) is 165 Å². The van der Waals surface area contributed by atoms with E-state index in [1.54, 1.807) is 147 Å². The topological polar surface area (TPSA) is 460 Å². The van der Waals surface area contributed by atoms with Gasteiger partial charge in [0.1, 0.15) is 54.1 Å². The van der Waals surface area contributed by atoms with Gasteiger partial charge in [0.2, 0.25) is 65.0 Å². The second-order valence-electron chi connectivity index (χ2n) is 23.6. The third-order valence-electron chi connectivity index (χ3n) is 15.9. The van der Waals surface area contributed by atoms with E-state index < -0.39 is 139 Å². The SMILES string of the molecule is Cc1cc(O)cc(C)c1C[C@H](N)C(=O)N[C@H](CCCCN)C(=O)N[C@@H](Cc1ccccc1)C(=O)N[C@@H](Cc1ccccc1)C(=O)N[C@@H](CCC(N)=O)C(=O)N[C@@H](Cc1ccccc1)C(=O)N[C@@H](CCC(N)=O)C(=O)N[C@@H](Cc1ccccc1)C(=O)N[C@@H](CCCCN)C(N)=O. The van der Waals surface area contributed by atoms with Gasteiger partial charge in [-0.15, -0.1) is 0 Å². The average molecular weight is 1310 g/mol. The van der Waals surface area contributed by atoms with Gasteiger partial charge in [-0.25, -0.2) is 0 Å². The Kier molecular flexibility index (Phi) is 31.5. The summed E-state index contributed by atoms with van der Waals surface area (Å²) < 4.78 is 0. The zero-order chi connectivity index (χ0) is 69.4. The minimum atomic E-state index is -1.63. The lowest BCUT2D eigenvalue weighted by Crippen LogP contribution is -2.61. The zero-order valence-electron chi connectivity index (χ0n) is 53.8. The Labute approximate surface area is 553 Å². The summed E-state index contributed by atoms with van der Waals surface area (Å²) in [5.74, 6) is -9.30. The molecule has 5 rings (SSSR count). The summed E-state index contributed by atoms with van der Waals surface area (Å²) in [6.45, 7) is 4.18. The summed E-state index contributed by atoms with van der Waals surface area (Å²) in [6, 6.07) is 24.9. The largest absolute Gasteiger partial charge is 0.508 e. The van der Waals surface area contributed by atoms with Crippen LogP contribution in [0.4, 0.5) is 0 Å². The van der Waals surface area contributed by atoms with Crippen molar-refractivity contribution >= 4 is 65.0 Å². The summed E-state index contributed by atoms with van der Waals surface area (Å²) in [7, 11) is 0. The molecule has 0 aliphatic heterocycles. The molecule has 0 radical (unpaired) electrons. The molecule has 95 heavy (non-hydrogen) atoms. The second kappa shape index (κ2) is 39.5. The molecule has 5 aromatic carbocycles. The van der Waals surface area contributed by atoms with Gasteiger partial charge in [0.25, 0.3) is 0 Å². The van der Waals surface area contributed by atoms with Gasteiger partial charge in [-0.3, -0.25) is 52.7 Å². The number of carbonyl (C=O) groups is 11. The monoisotopic (exact) mass is 1310 g/mol. The molecule has 0 bridgehead atoms. The number of aromatic hydroxyl groups is 1. The summed E-state index contributed by atoms with van der Waals surface area (Å²) in [5, 5.41) is 31.7. The molecule has 510 valence electrons. The molecule has 21 N–H and O–H groups in total. The first kappa shape index (κ1) is 75.7. The Balaban J connectivity index is 1.44. The summed E-state index contributed by atoms with van der Waals surface area (Å²) in [5.41, 5.74) is 39.2. The molecule has 0 aliphatic rings. The molecular weight excluding hydrogens is 1220 g/mol. The molecule has 0 saturated carbocycles. The maximum Gasteiger partial charge on any atom is 0.243 e. The van der Waals surface area contributed by atoms with Crippen LogP contribution in [0.2, 0.25) is 0 Å². The summed E-state index contributed by atoms with van der Waals surface area (Å²) >= 11 is 0. The molecular formula is C69H92N14O12. The molecule has 0 aromatic heterocycles. The zero-order valence-corrected chi connectivity index (χ0v) is 53.8. The Bertz CT molecular complexity index is 3340. The van der Waals surface area contributed by atoms with Gasteiger partial charge < -0.3 is 82.0 Å². The Morgan fingerprint density at radius 2 is 0.621 bits per heavy atom. The van der Waals surface area contributed by atoms with E-state index in [0.29, 0.717) is 72.2 Å². The number of benzene rings is 5. The number of rotatable bonds is 41. The van der Waals surface area contributed by atoms with Crippen molar-refractivity contribution in [3.8, 4) is 5.75 Å². The molecule has 0 heterocycles. The van der Waals surface area contributed by atoms with Crippen LogP contribution in [0.5, 0.6) is 5.75 Å². The number of aryl methyl sites for hydroxylation is 2. The average Bonchev–Trinajstić information content (AvgIpc) is 0.902. The quantitative estimate of drug-likeness (QED) is 0.0229. The third-order valence-corrected chi connectivity index (χ3v) is 15.9. The minimum absolute atomic E-state index is 0.0573. The van der Waals surface area contributed by atoms with Gasteiger partial charge in [0.05, 0.1) is 6.04 Å². The van der Waals surface area contributed by atoms with Crippen molar-refractivity contribution in [3.05, 3.63) is 172 Å². The number of hydrogen-bond acceptors (Lipinski definition) is 15. The van der Waals surface area contributed by atoms with Gasteiger partial charge in [0.15, 0.2) is 0 Å². The Morgan fingerprint density at radius 1 is 0.358 bits per heavy atom. The normalized spacial score (nSPS) is 13.9. The smallest absolute Gasteiger partial charge is 0.243 e. The van der Waals surface area contributed by atoms with Crippen molar-refractivity contribution in [1.29, 1.82) is 0 Å². The first-order valence-corrected chi connectivity index (χ1v) is 31.8. The highest BCUT2D eigenvalue weighted by molar-refractivity contribution is 5.99. The van der Waals surface area contributed by atoms with E-state index in [2.05, 4.69) is 42.5 Å². The van der Waals surface area contributed by atoms with Crippen LogP contribution in [-0.2, 0) is 84.8 Å². The van der Waals surface area contributed by atoms with Gasteiger partial charge in [-0.1, -0.05) is 121 Å². The van der Waals surface area contributed by atoms with Crippen molar-refractivity contribution < 1.29 is 57.8 Å². The molecule has 5 aromatic rings. The molecule has 0 aliphatic carbocycles. The number of nitrogens with one attached hydrogen (secondary N) is 8. The van der Waals surface area contributed by atoms with Crippen LogP contribution in [0, 0.1) is 13.8 Å². The Morgan fingerprint density at radius 3 is 0.916 bits per heavy atom. The fourth-order valence-electron chi connectivity index (χ4n) is 10.7. The maximum atomic E-state index is 14.9. The molecule has 0 unspecified atom stereocenters. The van der Waals surface area contributed by atoms with Crippen LogP contribution in [0.1, 0.15) is 103 Å². The van der Waals surface area contributed by atoms with Gasteiger partial charge in [-0.05, 0) is 136 Å². The molecule has 0 saturated heterocycles. The van der Waals surface area contributed by atoms with E-state index in [0.717, 1.165) is 5.56 Å². The lowest BCUT2D eigenvalue weighted by molar-refractivity contribution is -0.136. The van der Waals surface area contributed by atoms with Crippen LogP contribution in [0.15, 0.2) is 133 Å². The number of phenolic OH excluding ortho intramolecular Hbond substituents is 1. The number of nitrogens with two attached hydrogens (primary N) is 6. The number of amides is 11. The fraction of sp³-hybridized carbons (Fsp3) is 0.406. The highest BCUT2D eigenvalue weighted by atomic mass is 16.3. The van der Waals surface area contributed by atoms with E-state index in [1.807, 2.05) is 0 Å². The van der Waals surface area contributed by atoms with E-state index in [4.69, 9.17) is 34.4 Å². The lowest BCUT2D eigenvalue weighted by Gasteiger charge is -2.28. The van der Waals surface area contributed by atoms with Crippen molar-refractivity contribution in [3.63, 3.8) is 0 Å². The number of primary amides is 3. The predicted octanol–water partition coefficient (Wildman–Crippen LogP) is 0.00234. The predicted molar refractivity (Wildman–Crippen MR) is 357 cm³/mol. The first-order valence-electron chi connectivity index (χ1n) is 31.8. The molecule has 9 atom stereocenters. The minimum Gasteiger partial charge on any atom is -0.508 e. The second-order valence-corrected chi connectivity index (χ2v) is 23.6. The molecule has 11 amide bonds. The number of carbonyl (C=O) groups excluding carboxylic acids is 11. The van der Waals surface area contributed by atoms with E-state index in [9.17, 15) is 57.8 Å². The molecule has 0 fully saturated rings. The van der Waals surface area contributed by atoms with E-state index >= 15 is 0 Å². The number of unbranched alkanes of at least 4 members (excludes halogenated alkanes) is 2. The van der Waals surface area contributed by atoms with Crippen LogP contribution in [0.3, 0.4) is 0 Å². The van der Waals surface area contributed by atoms with Crippen molar-refractivity contribution in [2.24, 2.45) is 34.4 Å². The van der Waals surface area contributed by atoms with Crippen molar-refractivity contribution in [2.75, 3.05) is 13.1 Å². The van der Waals surface area contributed by atoms with Crippen LogP contribution < -0.4 is 76.9 Å². The molecule has 0 spiro atoms. The van der Waals surface area contributed by atoms with E-state index in [1.165, 1.54) is 0 Å². The van der Waals surface area contributed by atoms with Crippen LogP contribution >= 0.6 is 0 Å². The maximum absolute atomic E-state index is 14.9.